The average molecular weight is 555 g/mol. The van der Waals surface area contributed by atoms with Crippen LogP contribution in [0.3, 0.4) is 0 Å². The quantitative estimate of drug-likeness (QED) is 0.203. The van der Waals surface area contributed by atoms with Gasteiger partial charge in [-0.3, -0.25) is 0 Å². The minimum absolute atomic E-state index is 0.201. The number of benzene rings is 5. The van der Waals surface area contributed by atoms with Crippen molar-refractivity contribution in [3.05, 3.63) is 132 Å². The van der Waals surface area contributed by atoms with Crippen LogP contribution in [0.1, 0.15) is 0 Å². The number of hydrogen-bond acceptors (Lipinski definition) is 4. The first-order valence-corrected chi connectivity index (χ1v) is 13.5. The molecule has 2 aromatic heterocycles. The first-order valence-electron chi connectivity index (χ1n) is 12.8. The maximum absolute atomic E-state index is 6.37. The Morgan fingerprint density at radius 1 is 0.325 bits per heavy atom. The molecule has 0 aliphatic carbocycles. The lowest BCUT2D eigenvalue weighted by atomic mass is 10.0. The van der Waals surface area contributed by atoms with Crippen LogP contribution >= 0.6 is 23.2 Å². The average Bonchev–Trinajstić information content (AvgIpc) is 3.00. The lowest BCUT2D eigenvalue weighted by Gasteiger charge is -2.09. The van der Waals surface area contributed by atoms with Crippen LogP contribution < -0.4 is 0 Å². The fourth-order valence-corrected chi connectivity index (χ4v) is 5.30. The highest BCUT2D eigenvalue weighted by Gasteiger charge is 2.11. The van der Waals surface area contributed by atoms with Gasteiger partial charge in [0.2, 0.25) is 10.6 Å². The predicted octanol–water partition coefficient (Wildman–Crippen LogP) is 9.55. The summed E-state index contributed by atoms with van der Waals surface area (Å²) in [5.74, 6) is 0. The Bertz CT molecular complexity index is 1890. The Morgan fingerprint density at radius 3 is 1.05 bits per heavy atom. The van der Waals surface area contributed by atoms with Crippen LogP contribution in [0.15, 0.2) is 121 Å². The van der Waals surface area contributed by atoms with Crippen molar-refractivity contribution in [2.45, 2.75) is 0 Å². The molecule has 0 bridgehead atoms. The third kappa shape index (κ3) is 4.79. The van der Waals surface area contributed by atoms with Gasteiger partial charge in [0.15, 0.2) is 0 Å². The van der Waals surface area contributed by atoms with E-state index < -0.39 is 0 Å². The van der Waals surface area contributed by atoms with Crippen molar-refractivity contribution in [3.63, 3.8) is 0 Å². The van der Waals surface area contributed by atoms with Crippen LogP contribution in [-0.2, 0) is 0 Å². The monoisotopic (exact) mass is 554 g/mol. The minimum Gasteiger partial charge on any atom is -0.218 e. The van der Waals surface area contributed by atoms with Crippen molar-refractivity contribution < 1.29 is 0 Å². The fourth-order valence-electron chi connectivity index (χ4n) is 4.94. The fraction of sp³-hybridized carbons (Fsp3) is 0. The van der Waals surface area contributed by atoms with Gasteiger partial charge in [0.25, 0.3) is 0 Å². The predicted molar refractivity (Wildman–Crippen MR) is 164 cm³/mol. The molecule has 0 aliphatic heterocycles. The molecule has 40 heavy (non-hydrogen) atoms. The lowest BCUT2D eigenvalue weighted by Crippen LogP contribution is -1.93. The largest absolute Gasteiger partial charge is 0.223 e. The number of aromatic nitrogens is 4. The third-order valence-corrected chi connectivity index (χ3v) is 7.30. The van der Waals surface area contributed by atoms with Crippen molar-refractivity contribution in [3.8, 4) is 45.0 Å². The molecule has 0 amide bonds. The maximum Gasteiger partial charge on any atom is 0.223 e. The van der Waals surface area contributed by atoms with Gasteiger partial charge in [0.05, 0.1) is 22.8 Å². The first kappa shape index (κ1) is 24.4. The van der Waals surface area contributed by atoms with Crippen LogP contribution in [0, 0.1) is 0 Å². The number of nitrogens with zero attached hydrogens (tertiary/aromatic N) is 4. The number of hydrogen-bond donors (Lipinski definition) is 0. The van der Waals surface area contributed by atoms with Crippen LogP contribution in [0.2, 0.25) is 10.6 Å². The summed E-state index contributed by atoms with van der Waals surface area (Å²) in [4.78, 5) is 18.0. The Balaban J connectivity index is 1.22. The molecule has 0 saturated carbocycles. The highest BCUT2D eigenvalue weighted by Crippen LogP contribution is 2.31. The Labute approximate surface area is 241 Å². The van der Waals surface area contributed by atoms with E-state index in [4.69, 9.17) is 23.2 Å². The van der Waals surface area contributed by atoms with Crippen molar-refractivity contribution in [1.29, 1.82) is 0 Å². The van der Waals surface area contributed by atoms with E-state index in [9.17, 15) is 0 Å². The Hall–Kier alpha value is -4.64. The molecule has 0 unspecified atom stereocenters. The van der Waals surface area contributed by atoms with Crippen molar-refractivity contribution >= 4 is 44.7 Å². The van der Waals surface area contributed by atoms with Gasteiger partial charge in [-0.25, -0.2) is 19.9 Å². The van der Waals surface area contributed by atoms with E-state index in [1.54, 1.807) is 0 Å². The molecule has 7 aromatic rings. The highest BCUT2D eigenvalue weighted by molar-refractivity contribution is 6.28. The molecule has 190 valence electrons. The number of halogens is 2. The molecular weight excluding hydrogens is 535 g/mol. The molecule has 4 nitrogen and oxygen atoms in total. The van der Waals surface area contributed by atoms with E-state index >= 15 is 0 Å². The van der Waals surface area contributed by atoms with Gasteiger partial charge in [0, 0.05) is 22.3 Å². The summed E-state index contributed by atoms with van der Waals surface area (Å²) < 4.78 is 0. The second-order valence-corrected chi connectivity index (χ2v) is 10.2. The van der Waals surface area contributed by atoms with Crippen molar-refractivity contribution in [2.75, 3.05) is 0 Å². The second-order valence-electron chi connectivity index (χ2n) is 9.52. The van der Waals surface area contributed by atoms with E-state index in [1.807, 2.05) is 60.7 Å². The summed E-state index contributed by atoms with van der Waals surface area (Å²) in [5.41, 5.74) is 6.84. The molecule has 0 spiro atoms. The minimum atomic E-state index is 0.201. The normalized spacial score (nSPS) is 11.2. The van der Waals surface area contributed by atoms with Gasteiger partial charge >= 0.3 is 0 Å². The number of fused-ring (bicyclic) bond motifs is 2. The smallest absolute Gasteiger partial charge is 0.218 e. The van der Waals surface area contributed by atoms with Gasteiger partial charge in [-0.2, -0.15) is 0 Å². The molecule has 0 radical (unpaired) electrons. The summed E-state index contributed by atoms with van der Waals surface area (Å²) in [6, 6.07) is 41.0. The van der Waals surface area contributed by atoms with Gasteiger partial charge in [-0.05, 0) is 69.0 Å². The third-order valence-electron chi connectivity index (χ3n) is 6.96. The molecule has 0 fully saturated rings. The van der Waals surface area contributed by atoms with Gasteiger partial charge in [-0.1, -0.05) is 97.1 Å². The first-order chi connectivity index (χ1) is 19.6. The van der Waals surface area contributed by atoms with Crippen molar-refractivity contribution in [1.82, 2.24) is 19.9 Å². The molecular formula is C34H20Cl2N4. The Kier molecular flexibility index (Phi) is 6.20. The molecule has 7 rings (SSSR count). The second kappa shape index (κ2) is 10.2. The summed E-state index contributed by atoms with van der Waals surface area (Å²) >= 11 is 12.7. The molecule has 6 heteroatoms. The Morgan fingerprint density at radius 2 is 0.650 bits per heavy atom. The standard InChI is InChI=1S/C34H20Cl2N4/c35-33-37-29(19-31(39-33)27-15-9-21-5-1-3-7-25(21)17-27)23-11-13-24(14-12-23)30-20-32(40-34(36)38-30)28-16-10-22-6-2-4-8-26(22)18-28/h1-20H. The maximum atomic E-state index is 6.37. The summed E-state index contributed by atoms with van der Waals surface area (Å²) in [6.45, 7) is 0. The lowest BCUT2D eigenvalue weighted by molar-refractivity contribution is 1.17. The topological polar surface area (TPSA) is 51.6 Å². The van der Waals surface area contributed by atoms with Crippen LogP contribution in [0.5, 0.6) is 0 Å². The molecule has 0 aliphatic rings. The molecule has 0 saturated heterocycles. The SMILES string of the molecule is Clc1nc(-c2ccc(-c3cc(-c4ccc5ccccc5c4)nc(Cl)n3)cc2)cc(-c2ccc3ccccc3c2)n1. The van der Waals surface area contributed by atoms with Gasteiger partial charge in [-0.15, -0.1) is 0 Å². The van der Waals surface area contributed by atoms with Crippen LogP contribution in [0.4, 0.5) is 0 Å². The van der Waals surface area contributed by atoms with E-state index in [0.717, 1.165) is 55.8 Å². The summed E-state index contributed by atoms with van der Waals surface area (Å²) in [6.07, 6.45) is 0. The van der Waals surface area contributed by atoms with Gasteiger partial charge < -0.3 is 0 Å². The van der Waals surface area contributed by atoms with E-state index in [1.165, 1.54) is 10.8 Å². The molecule has 2 heterocycles. The zero-order valence-electron chi connectivity index (χ0n) is 21.1. The van der Waals surface area contributed by atoms with E-state index in [2.05, 4.69) is 80.6 Å². The van der Waals surface area contributed by atoms with Gasteiger partial charge in [0.1, 0.15) is 0 Å². The zero-order valence-corrected chi connectivity index (χ0v) is 22.6. The number of rotatable bonds is 4. The van der Waals surface area contributed by atoms with Crippen molar-refractivity contribution in [2.24, 2.45) is 0 Å². The molecule has 0 N–H and O–H groups in total. The summed E-state index contributed by atoms with van der Waals surface area (Å²) in [5, 5.41) is 5.05. The molecule has 5 aromatic carbocycles. The molecule has 0 atom stereocenters. The summed E-state index contributed by atoms with van der Waals surface area (Å²) in [7, 11) is 0. The van der Waals surface area contributed by atoms with Crippen LogP contribution in [0.25, 0.3) is 66.6 Å². The zero-order chi connectivity index (χ0) is 27.1. The van der Waals surface area contributed by atoms with Crippen LogP contribution in [-0.4, -0.2) is 19.9 Å². The highest BCUT2D eigenvalue weighted by atomic mass is 35.5. The van der Waals surface area contributed by atoms with E-state index in [0.29, 0.717) is 0 Å². The van der Waals surface area contributed by atoms with E-state index in [-0.39, 0.29) is 10.6 Å².